The van der Waals surface area contributed by atoms with Crippen LogP contribution in [0.15, 0.2) is 36.4 Å². The third kappa shape index (κ3) is 2.40. The molecule has 2 aromatic carbocycles. The molecule has 0 saturated heterocycles. The van der Waals surface area contributed by atoms with Crippen LogP contribution in [0.5, 0.6) is 5.75 Å². The second kappa shape index (κ2) is 4.97. The Hall–Kier alpha value is -1.34. The standard InChI is InChI=1S/C14H10IN2OS/c1-18-9-3-5-12-13(7-9)19-14(17-12)8-2-4-11(16)10(15)6-8/h2-7,16H,1H3/q-1. The molecular weight excluding hydrogens is 371 g/mol. The molecule has 0 amide bonds. The molecule has 0 saturated carbocycles. The third-order valence-corrected chi connectivity index (χ3v) is 4.77. The van der Waals surface area contributed by atoms with Gasteiger partial charge in [-0.2, -0.15) is 0 Å². The fourth-order valence-corrected chi connectivity index (χ4v) is 3.31. The summed E-state index contributed by atoms with van der Waals surface area (Å²) in [5, 5.41) is 0.973. The maximum Gasteiger partial charge on any atom is 0.124 e. The van der Waals surface area contributed by atoms with E-state index in [1.807, 2.05) is 36.4 Å². The monoisotopic (exact) mass is 381 g/mol. The molecule has 3 nitrogen and oxygen atoms in total. The van der Waals surface area contributed by atoms with E-state index in [0.29, 0.717) is 5.69 Å². The minimum absolute atomic E-state index is 0.548. The summed E-state index contributed by atoms with van der Waals surface area (Å²) in [6, 6.07) is 11.6. The summed E-state index contributed by atoms with van der Waals surface area (Å²) in [5.41, 5.74) is 10.3. The SMILES string of the molecule is COc1ccc2nc(-c3ccc([NH-])c(I)c3)sc2c1. The zero-order valence-electron chi connectivity index (χ0n) is 10.1. The molecule has 3 aromatic rings. The van der Waals surface area contributed by atoms with E-state index in [0.717, 1.165) is 30.1 Å². The first kappa shape index (κ1) is 12.7. The van der Waals surface area contributed by atoms with Crippen molar-refractivity contribution in [2.75, 3.05) is 7.11 Å². The van der Waals surface area contributed by atoms with Gasteiger partial charge in [0.25, 0.3) is 0 Å². The van der Waals surface area contributed by atoms with E-state index in [-0.39, 0.29) is 0 Å². The number of aromatic nitrogens is 1. The van der Waals surface area contributed by atoms with Crippen LogP contribution in [-0.4, -0.2) is 12.1 Å². The highest BCUT2D eigenvalue weighted by Crippen LogP contribution is 2.34. The number of ether oxygens (including phenoxy) is 1. The molecule has 3 rings (SSSR count). The minimum atomic E-state index is 0.548. The molecule has 0 atom stereocenters. The van der Waals surface area contributed by atoms with Gasteiger partial charge in [-0.15, -0.1) is 17.0 Å². The average molecular weight is 381 g/mol. The van der Waals surface area contributed by atoms with Crippen LogP contribution >= 0.6 is 33.9 Å². The number of nitrogens with one attached hydrogen (secondary N) is 1. The van der Waals surface area contributed by atoms with Crippen LogP contribution in [0, 0.1) is 3.57 Å². The minimum Gasteiger partial charge on any atom is -0.698 e. The molecule has 1 heterocycles. The number of rotatable bonds is 2. The van der Waals surface area contributed by atoms with Crippen molar-refractivity contribution in [1.29, 1.82) is 0 Å². The largest absolute Gasteiger partial charge is 0.698 e. The molecule has 0 aliphatic carbocycles. The molecule has 0 spiro atoms. The van der Waals surface area contributed by atoms with E-state index < -0.39 is 0 Å². The number of nitrogens with zero attached hydrogens (tertiary/aromatic N) is 1. The van der Waals surface area contributed by atoms with Gasteiger partial charge in [0.15, 0.2) is 0 Å². The Kier molecular flexibility index (Phi) is 3.32. The number of hydrogen-bond acceptors (Lipinski definition) is 3. The lowest BCUT2D eigenvalue weighted by molar-refractivity contribution is 0.415. The summed E-state index contributed by atoms with van der Waals surface area (Å²) in [6.45, 7) is 0. The molecule has 0 fully saturated rings. The zero-order valence-corrected chi connectivity index (χ0v) is 13.1. The summed E-state index contributed by atoms with van der Waals surface area (Å²) in [6.07, 6.45) is 0. The second-order valence-corrected chi connectivity index (χ2v) is 6.24. The molecule has 0 aliphatic heterocycles. The summed E-state index contributed by atoms with van der Waals surface area (Å²) in [4.78, 5) is 4.63. The molecule has 0 unspecified atom stereocenters. The van der Waals surface area contributed by atoms with Gasteiger partial charge in [0, 0.05) is 5.56 Å². The fourth-order valence-electron chi connectivity index (χ4n) is 1.80. The fraction of sp³-hybridized carbons (Fsp3) is 0.0714. The van der Waals surface area contributed by atoms with Crippen molar-refractivity contribution in [1.82, 2.24) is 4.98 Å². The molecule has 0 radical (unpaired) electrons. The van der Waals surface area contributed by atoms with E-state index in [1.165, 1.54) is 0 Å². The molecule has 0 bridgehead atoms. The van der Waals surface area contributed by atoms with Gasteiger partial charge >= 0.3 is 0 Å². The van der Waals surface area contributed by atoms with Gasteiger partial charge in [0.05, 0.1) is 17.3 Å². The van der Waals surface area contributed by atoms with Crippen LogP contribution in [0.4, 0.5) is 5.69 Å². The highest BCUT2D eigenvalue weighted by molar-refractivity contribution is 14.1. The lowest BCUT2D eigenvalue weighted by Crippen LogP contribution is -1.80. The van der Waals surface area contributed by atoms with Crippen molar-refractivity contribution in [2.24, 2.45) is 0 Å². The van der Waals surface area contributed by atoms with Gasteiger partial charge in [-0.05, 0) is 50.4 Å². The van der Waals surface area contributed by atoms with Crippen molar-refractivity contribution >= 4 is 49.8 Å². The third-order valence-electron chi connectivity index (χ3n) is 2.81. The van der Waals surface area contributed by atoms with Crippen molar-refractivity contribution in [3.8, 4) is 16.3 Å². The van der Waals surface area contributed by atoms with E-state index >= 15 is 0 Å². The molecule has 0 aliphatic rings. The smallest absolute Gasteiger partial charge is 0.124 e. The van der Waals surface area contributed by atoms with Gasteiger partial charge in [0.1, 0.15) is 10.8 Å². The van der Waals surface area contributed by atoms with Crippen molar-refractivity contribution < 1.29 is 4.74 Å². The first-order chi connectivity index (χ1) is 9.17. The highest BCUT2D eigenvalue weighted by Gasteiger charge is 2.07. The Morgan fingerprint density at radius 2 is 2.05 bits per heavy atom. The van der Waals surface area contributed by atoms with E-state index in [9.17, 15) is 0 Å². The predicted molar refractivity (Wildman–Crippen MR) is 88.3 cm³/mol. The number of halogens is 1. The van der Waals surface area contributed by atoms with Gasteiger partial charge in [-0.3, -0.25) is 0 Å². The first-order valence-electron chi connectivity index (χ1n) is 5.63. The predicted octanol–water partition coefficient (Wildman–Crippen LogP) is 5.26. The van der Waals surface area contributed by atoms with Crippen LogP contribution in [-0.2, 0) is 0 Å². The number of thiazole rings is 1. The van der Waals surface area contributed by atoms with Crippen molar-refractivity contribution in [3.63, 3.8) is 0 Å². The maximum atomic E-state index is 7.70. The van der Waals surface area contributed by atoms with E-state index in [1.54, 1.807) is 18.4 Å². The maximum absolute atomic E-state index is 7.70. The number of benzene rings is 2. The lowest BCUT2D eigenvalue weighted by Gasteiger charge is -2.07. The Balaban J connectivity index is 2.11. The van der Waals surface area contributed by atoms with E-state index in [4.69, 9.17) is 10.5 Å². The topological polar surface area (TPSA) is 45.9 Å². The molecule has 5 heteroatoms. The van der Waals surface area contributed by atoms with Gasteiger partial charge in [-0.25, -0.2) is 4.98 Å². The summed E-state index contributed by atoms with van der Waals surface area (Å²) >= 11 is 3.81. The lowest BCUT2D eigenvalue weighted by atomic mass is 10.2. The number of fused-ring (bicyclic) bond motifs is 1. The molecular formula is C14H10IN2OS-. The van der Waals surface area contributed by atoms with Crippen LogP contribution in [0.3, 0.4) is 0 Å². The average Bonchev–Trinajstić information content (AvgIpc) is 2.84. The van der Waals surface area contributed by atoms with Gasteiger partial charge in [-0.1, -0.05) is 12.1 Å². The highest BCUT2D eigenvalue weighted by atomic mass is 127. The Labute approximate surface area is 128 Å². The van der Waals surface area contributed by atoms with Crippen molar-refractivity contribution in [3.05, 3.63) is 45.7 Å². The summed E-state index contributed by atoms with van der Waals surface area (Å²) in [5.74, 6) is 0.846. The summed E-state index contributed by atoms with van der Waals surface area (Å²) in [7, 11) is 1.67. The Bertz CT molecular complexity index is 754. The number of methoxy groups -OCH3 is 1. The van der Waals surface area contributed by atoms with Crippen LogP contribution in [0.25, 0.3) is 26.5 Å². The van der Waals surface area contributed by atoms with E-state index in [2.05, 4.69) is 27.6 Å². The second-order valence-electron chi connectivity index (χ2n) is 4.05. The summed E-state index contributed by atoms with van der Waals surface area (Å²) < 4.78 is 7.27. The van der Waals surface area contributed by atoms with Crippen LogP contribution in [0.1, 0.15) is 0 Å². The molecule has 96 valence electrons. The van der Waals surface area contributed by atoms with Crippen LogP contribution in [0.2, 0.25) is 0 Å². The zero-order chi connectivity index (χ0) is 13.4. The molecule has 19 heavy (non-hydrogen) atoms. The Morgan fingerprint density at radius 3 is 2.79 bits per heavy atom. The van der Waals surface area contributed by atoms with Crippen molar-refractivity contribution in [2.45, 2.75) is 0 Å². The Morgan fingerprint density at radius 1 is 1.21 bits per heavy atom. The number of hydrogen-bond donors (Lipinski definition) is 0. The van der Waals surface area contributed by atoms with Gasteiger partial charge < -0.3 is 10.5 Å². The quantitative estimate of drug-likeness (QED) is 0.569. The van der Waals surface area contributed by atoms with Crippen LogP contribution < -0.4 is 4.74 Å². The normalized spacial score (nSPS) is 10.8. The molecule has 1 N–H and O–H groups in total. The van der Waals surface area contributed by atoms with Gasteiger partial charge in [0.2, 0.25) is 0 Å². The first-order valence-corrected chi connectivity index (χ1v) is 7.53. The molecule has 1 aromatic heterocycles.